The molecule has 0 aliphatic heterocycles. The molecule has 0 unspecified atom stereocenters. The van der Waals surface area contributed by atoms with E-state index >= 15 is 0 Å². The summed E-state index contributed by atoms with van der Waals surface area (Å²) in [5.74, 6) is -0.279. The molecule has 1 saturated carbocycles. The lowest BCUT2D eigenvalue weighted by molar-refractivity contribution is -0.119. The normalized spacial score (nSPS) is 14.2. The highest BCUT2D eigenvalue weighted by Crippen LogP contribution is 2.25. The number of benzene rings is 1. The quantitative estimate of drug-likeness (QED) is 0.797. The van der Waals surface area contributed by atoms with Crippen LogP contribution in [0.1, 0.15) is 25.3 Å². The maximum Gasteiger partial charge on any atom is 0.239 e. The summed E-state index contributed by atoms with van der Waals surface area (Å²) in [6.45, 7) is 3.22. The Morgan fingerprint density at radius 3 is 2.85 bits per heavy atom. The maximum absolute atomic E-state index is 14.0. The fourth-order valence-electron chi connectivity index (χ4n) is 2.17. The fourth-order valence-corrected chi connectivity index (χ4v) is 2.17. The molecular weight excluding hydrogens is 257 g/mol. The summed E-state index contributed by atoms with van der Waals surface area (Å²) in [5, 5.41) is 6.07. The molecule has 0 heterocycles. The molecule has 1 aromatic rings. The second kappa shape index (κ2) is 6.70. The van der Waals surface area contributed by atoms with E-state index < -0.39 is 0 Å². The van der Waals surface area contributed by atoms with Crippen molar-refractivity contribution in [2.24, 2.45) is 0 Å². The van der Waals surface area contributed by atoms with Crippen LogP contribution in [0.3, 0.4) is 0 Å². The second-order valence-electron chi connectivity index (χ2n) is 5.20. The highest BCUT2D eigenvalue weighted by atomic mass is 19.1. The third kappa shape index (κ3) is 3.93. The number of hydrogen-bond acceptors (Lipinski definition) is 3. The van der Waals surface area contributed by atoms with Crippen LogP contribution in [0.2, 0.25) is 0 Å². The Kier molecular flexibility index (Phi) is 4.95. The van der Waals surface area contributed by atoms with Crippen molar-refractivity contribution >= 4 is 11.6 Å². The minimum absolute atomic E-state index is 0.0552. The van der Waals surface area contributed by atoms with Crippen molar-refractivity contribution in [2.75, 3.05) is 25.0 Å². The highest BCUT2D eigenvalue weighted by Gasteiger charge is 2.22. The fraction of sp³-hybridized carbons (Fsp3) is 0.533. The van der Waals surface area contributed by atoms with Crippen LogP contribution < -0.4 is 15.5 Å². The van der Waals surface area contributed by atoms with Gasteiger partial charge in [0.05, 0.1) is 6.54 Å². The Bertz CT molecular complexity index is 474. The van der Waals surface area contributed by atoms with Gasteiger partial charge in [0.2, 0.25) is 5.91 Å². The maximum atomic E-state index is 14.0. The minimum Gasteiger partial charge on any atom is -0.365 e. The van der Waals surface area contributed by atoms with Gasteiger partial charge in [-0.05, 0) is 31.9 Å². The SMILES string of the molecule is CCNC(=O)CN(C)c1cccc(F)c1CNC1CC1. The molecule has 2 N–H and O–H groups in total. The zero-order valence-electron chi connectivity index (χ0n) is 12.1. The first-order valence-corrected chi connectivity index (χ1v) is 7.10. The predicted octanol–water partition coefficient (Wildman–Crippen LogP) is 1.65. The summed E-state index contributed by atoms with van der Waals surface area (Å²) in [4.78, 5) is 13.4. The summed E-state index contributed by atoms with van der Waals surface area (Å²) >= 11 is 0. The van der Waals surface area contributed by atoms with E-state index in [0.29, 0.717) is 24.7 Å². The van der Waals surface area contributed by atoms with E-state index in [1.807, 2.05) is 20.0 Å². The van der Waals surface area contributed by atoms with E-state index in [1.165, 1.54) is 18.9 Å². The number of rotatable bonds is 7. The van der Waals surface area contributed by atoms with Crippen molar-refractivity contribution in [1.82, 2.24) is 10.6 Å². The number of likely N-dealkylation sites (N-methyl/N-ethyl adjacent to an activating group) is 2. The van der Waals surface area contributed by atoms with Crippen molar-refractivity contribution in [2.45, 2.75) is 32.4 Å². The van der Waals surface area contributed by atoms with Crippen LogP contribution >= 0.6 is 0 Å². The number of carbonyl (C=O) groups is 1. The van der Waals surface area contributed by atoms with Crippen LogP contribution in [0.25, 0.3) is 0 Å². The first-order chi connectivity index (χ1) is 9.61. The number of nitrogens with zero attached hydrogens (tertiary/aromatic N) is 1. The molecular formula is C15H22FN3O. The molecule has 4 nitrogen and oxygen atoms in total. The lowest BCUT2D eigenvalue weighted by Crippen LogP contribution is -2.35. The summed E-state index contributed by atoms with van der Waals surface area (Å²) in [5.41, 5.74) is 1.40. The summed E-state index contributed by atoms with van der Waals surface area (Å²) < 4.78 is 14.0. The molecule has 0 atom stereocenters. The Labute approximate surface area is 119 Å². The molecule has 1 aliphatic rings. The van der Waals surface area contributed by atoms with Gasteiger partial charge in [0.1, 0.15) is 5.82 Å². The molecule has 20 heavy (non-hydrogen) atoms. The molecule has 0 saturated heterocycles. The van der Waals surface area contributed by atoms with Gasteiger partial charge in [0, 0.05) is 37.4 Å². The highest BCUT2D eigenvalue weighted by molar-refractivity contribution is 5.81. The van der Waals surface area contributed by atoms with Crippen LogP contribution in [-0.2, 0) is 11.3 Å². The first-order valence-electron chi connectivity index (χ1n) is 7.10. The summed E-state index contributed by atoms with van der Waals surface area (Å²) in [6.07, 6.45) is 2.33. The minimum atomic E-state index is -0.224. The van der Waals surface area contributed by atoms with Gasteiger partial charge >= 0.3 is 0 Å². The van der Waals surface area contributed by atoms with E-state index in [0.717, 1.165) is 5.69 Å². The third-order valence-electron chi connectivity index (χ3n) is 3.40. The number of nitrogens with one attached hydrogen (secondary N) is 2. The van der Waals surface area contributed by atoms with Crippen molar-refractivity contribution in [3.8, 4) is 0 Å². The Morgan fingerprint density at radius 2 is 2.20 bits per heavy atom. The summed E-state index contributed by atoms with van der Waals surface area (Å²) in [7, 11) is 1.81. The van der Waals surface area contributed by atoms with Crippen molar-refractivity contribution in [3.63, 3.8) is 0 Å². The van der Waals surface area contributed by atoms with Crippen molar-refractivity contribution in [1.29, 1.82) is 0 Å². The van der Waals surface area contributed by atoms with Gasteiger partial charge in [-0.2, -0.15) is 0 Å². The molecule has 5 heteroatoms. The van der Waals surface area contributed by atoms with Gasteiger partial charge in [-0.25, -0.2) is 4.39 Å². The third-order valence-corrected chi connectivity index (χ3v) is 3.40. The number of amides is 1. The second-order valence-corrected chi connectivity index (χ2v) is 5.20. The first kappa shape index (κ1) is 14.8. The monoisotopic (exact) mass is 279 g/mol. The molecule has 1 aliphatic carbocycles. The average Bonchev–Trinajstić information content (AvgIpc) is 3.21. The predicted molar refractivity (Wildman–Crippen MR) is 78.2 cm³/mol. The van der Waals surface area contributed by atoms with Crippen LogP contribution in [0, 0.1) is 5.82 Å². The Hall–Kier alpha value is -1.62. The Balaban J connectivity index is 2.07. The van der Waals surface area contributed by atoms with E-state index in [4.69, 9.17) is 0 Å². The summed E-state index contributed by atoms with van der Waals surface area (Å²) in [6, 6.07) is 5.52. The topological polar surface area (TPSA) is 44.4 Å². The molecule has 0 aromatic heterocycles. The van der Waals surface area contributed by atoms with Crippen LogP contribution in [-0.4, -0.2) is 32.1 Å². The van der Waals surface area contributed by atoms with Gasteiger partial charge in [-0.1, -0.05) is 6.07 Å². The molecule has 0 radical (unpaired) electrons. The van der Waals surface area contributed by atoms with Crippen LogP contribution in [0.5, 0.6) is 0 Å². The lowest BCUT2D eigenvalue weighted by Gasteiger charge is -2.22. The lowest BCUT2D eigenvalue weighted by atomic mass is 10.1. The molecule has 1 fully saturated rings. The smallest absolute Gasteiger partial charge is 0.239 e. The number of carbonyl (C=O) groups excluding carboxylic acids is 1. The van der Waals surface area contributed by atoms with Crippen LogP contribution in [0.15, 0.2) is 18.2 Å². The molecule has 1 amide bonds. The average molecular weight is 279 g/mol. The number of hydrogen-bond donors (Lipinski definition) is 2. The van der Waals surface area contributed by atoms with Gasteiger partial charge in [-0.15, -0.1) is 0 Å². The van der Waals surface area contributed by atoms with Gasteiger partial charge < -0.3 is 15.5 Å². The van der Waals surface area contributed by atoms with E-state index in [9.17, 15) is 9.18 Å². The van der Waals surface area contributed by atoms with Gasteiger partial charge in [0.15, 0.2) is 0 Å². The number of anilines is 1. The zero-order valence-corrected chi connectivity index (χ0v) is 12.1. The van der Waals surface area contributed by atoms with E-state index in [2.05, 4.69) is 10.6 Å². The van der Waals surface area contributed by atoms with Crippen molar-refractivity contribution in [3.05, 3.63) is 29.6 Å². The zero-order chi connectivity index (χ0) is 14.5. The molecule has 1 aromatic carbocycles. The van der Waals surface area contributed by atoms with E-state index in [-0.39, 0.29) is 18.3 Å². The molecule has 0 bridgehead atoms. The standard InChI is InChI=1S/C15H22FN3O/c1-3-17-15(20)10-19(2)14-6-4-5-13(16)12(14)9-18-11-7-8-11/h4-6,11,18H,3,7-10H2,1-2H3,(H,17,20). The number of halogens is 1. The van der Waals surface area contributed by atoms with Gasteiger partial charge in [0.25, 0.3) is 0 Å². The molecule has 110 valence electrons. The van der Waals surface area contributed by atoms with Crippen molar-refractivity contribution < 1.29 is 9.18 Å². The molecule has 2 rings (SSSR count). The Morgan fingerprint density at radius 1 is 1.45 bits per heavy atom. The van der Waals surface area contributed by atoms with Gasteiger partial charge in [-0.3, -0.25) is 4.79 Å². The molecule has 0 spiro atoms. The largest absolute Gasteiger partial charge is 0.365 e. The van der Waals surface area contributed by atoms with E-state index in [1.54, 1.807) is 11.0 Å². The van der Waals surface area contributed by atoms with Crippen LogP contribution in [0.4, 0.5) is 10.1 Å².